The van der Waals surface area contributed by atoms with Gasteiger partial charge in [0, 0.05) is 12.5 Å². The largest absolute Gasteiger partial charge is 0.307 e. The van der Waals surface area contributed by atoms with E-state index < -0.39 is 0 Å². The Morgan fingerprint density at radius 3 is 2.80 bits per heavy atom. The van der Waals surface area contributed by atoms with Crippen LogP contribution in [0.25, 0.3) is 0 Å². The van der Waals surface area contributed by atoms with Crippen LogP contribution in [0.15, 0.2) is 0 Å². The van der Waals surface area contributed by atoms with E-state index in [0.29, 0.717) is 18.4 Å². The highest BCUT2D eigenvalue weighted by Gasteiger charge is 2.20. The lowest BCUT2D eigenvalue weighted by atomic mass is 10.1. The van der Waals surface area contributed by atoms with Crippen LogP contribution in [0.5, 0.6) is 0 Å². The minimum Gasteiger partial charge on any atom is -0.307 e. The molecular formula is C12H24N2O. The molecule has 1 heterocycles. The number of hydrogen-bond donors (Lipinski definition) is 1. The molecule has 1 rings (SSSR count). The van der Waals surface area contributed by atoms with Crippen molar-refractivity contribution in [1.29, 1.82) is 0 Å². The molecule has 1 unspecified atom stereocenters. The molecule has 1 saturated heterocycles. The van der Waals surface area contributed by atoms with E-state index in [2.05, 4.69) is 24.2 Å². The highest BCUT2D eigenvalue weighted by molar-refractivity contribution is 5.83. The van der Waals surface area contributed by atoms with Crippen LogP contribution in [0.4, 0.5) is 0 Å². The summed E-state index contributed by atoms with van der Waals surface area (Å²) in [5.41, 5.74) is 0. The minimum absolute atomic E-state index is 0.369. The summed E-state index contributed by atoms with van der Waals surface area (Å²) in [6.45, 7) is 5.11. The van der Waals surface area contributed by atoms with Gasteiger partial charge in [-0.3, -0.25) is 4.79 Å². The lowest BCUT2D eigenvalue weighted by Crippen LogP contribution is -2.29. The number of Topliss-reactive ketones (excluding diaryl/α,β-unsaturated/α-hetero) is 1. The van der Waals surface area contributed by atoms with Crippen LogP contribution in [0, 0.1) is 0 Å². The molecular weight excluding hydrogens is 188 g/mol. The summed E-state index contributed by atoms with van der Waals surface area (Å²) in [5.74, 6) is 0.369. The third kappa shape index (κ3) is 5.28. The Labute approximate surface area is 93.2 Å². The van der Waals surface area contributed by atoms with Gasteiger partial charge in [-0.2, -0.15) is 0 Å². The molecule has 0 radical (unpaired) electrons. The van der Waals surface area contributed by atoms with Gasteiger partial charge >= 0.3 is 0 Å². The van der Waals surface area contributed by atoms with Crippen LogP contribution in [0.3, 0.4) is 0 Å². The molecule has 0 saturated carbocycles. The first-order chi connectivity index (χ1) is 7.22. The Balaban J connectivity index is 2.01. The van der Waals surface area contributed by atoms with Crippen LogP contribution in [-0.2, 0) is 4.79 Å². The van der Waals surface area contributed by atoms with Gasteiger partial charge in [0.1, 0.15) is 5.78 Å². The summed E-state index contributed by atoms with van der Waals surface area (Å²) in [6, 6.07) is 0.436. The van der Waals surface area contributed by atoms with E-state index in [-0.39, 0.29) is 0 Å². The van der Waals surface area contributed by atoms with Crippen LogP contribution in [0.1, 0.15) is 39.0 Å². The fourth-order valence-electron chi connectivity index (χ4n) is 2.00. The van der Waals surface area contributed by atoms with Gasteiger partial charge in [-0.15, -0.1) is 0 Å². The lowest BCUT2D eigenvalue weighted by molar-refractivity contribution is -0.116. The van der Waals surface area contributed by atoms with Crippen molar-refractivity contribution in [2.75, 3.05) is 26.7 Å². The van der Waals surface area contributed by atoms with Crippen molar-refractivity contribution in [1.82, 2.24) is 10.2 Å². The number of ketones is 1. The molecule has 15 heavy (non-hydrogen) atoms. The van der Waals surface area contributed by atoms with Crippen LogP contribution in [0.2, 0.25) is 0 Å². The average Bonchev–Trinajstić information content (AvgIpc) is 2.62. The van der Waals surface area contributed by atoms with Gasteiger partial charge in [0.15, 0.2) is 0 Å². The number of nitrogens with zero attached hydrogens (tertiary/aromatic N) is 1. The molecule has 0 amide bonds. The summed E-state index contributed by atoms with van der Waals surface area (Å²) >= 11 is 0. The van der Waals surface area contributed by atoms with E-state index in [0.717, 1.165) is 19.4 Å². The van der Waals surface area contributed by atoms with Gasteiger partial charge in [-0.1, -0.05) is 19.8 Å². The maximum atomic E-state index is 11.0. The van der Waals surface area contributed by atoms with Crippen molar-refractivity contribution in [2.45, 2.75) is 45.1 Å². The summed E-state index contributed by atoms with van der Waals surface area (Å²) in [4.78, 5) is 13.4. The summed E-state index contributed by atoms with van der Waals surface area (Å²) < 4.78 is 0. The molecule has 1 aliphatic heterocycles. The first-order valence-corrected chi connectivity index (χ1v) is 6.16. The molecule has 0 spiro atoms. The monoisotopic (exact) mass is 212 g/mol. The van der Waals surface area contributed by atoms with Gasteiger partial charge in [0.05, 0.1) is 6.54 Å². The molecule has 3 heteroatoms. The molecule has 0 aromatic carbocycles. The number of unbranched alkanes of at least 4 members (excludes halogenated alkanes) is 2. The second-order valence-electron chi connectivity index (χ2n) is 4.62. The lowest BCUT2D eigenvalue weighted by Gasteiger charge is -2.18. The maximum Gasteiger partial charge on any atom is 0.148 e. The van der Waals surface area contributed by atoms with Crippen molar-refractivity contribution in [3.8, 4) is 0 Å². The fraction of sp³-hybridized carbons (Fsp3) is 0.917. The number of nitrogens with one attached hydrogen (secondary N) is 1. The zero-order valence-electron chi connectivity index (χ0n) is 10.1. The van der Waals surface area contributed by atoms with Crippen molar-refractivity contribution in [3.63, 3.8) is 0 Å². The predicted octanol–water partition coefficient (Wildman–Crippen LogP) is 1.43. The summed E-state index contributed by atoms with van der Waals surface area (Å²) in [5, 5.41) is 3.25. The van der Waals surface area contributed by atoms with Gasteiger partial charge in [0.25, 0.3) is 0 Å². The number of carbonyl (C=O) groups excluding carboxylic acids is 1. The Morgan fingerprint density at radius 1 is 1.40 bits per heavy atom. The van der Waals surface area contributed by atoms with E-state index in [1.165, 1.54) is 25.8 Å². The highest BCUT2D eigenvalue weighted by Crippen LogP contribution is 2.07. The molecule has 1 fully saturated rings. The van der Waals surface area contributed by atoms with Crippen molar-refractivity contribution >= 4 is 5.78 Å². The SMILES string of the molecule is CCCCCN(C)CCC1CC(=O)CN1. The van der Waals surface area contributed by atoms with Gasteiger partial charge in [-0.05, 0) is 33.0 Å². The number of carbonyl (C=O) groups is 1. The Morgan fingerprint density at radius 2 is 2.20 bits per heavy atom. The standard InChI is InChI=1S/C12H24N2O/c1-3-4-5-7-14(2)8-6-11-9-12(15)10-13-11/h11,13H,3-10H2,1-2H3. The Kier molecular flexibility index (Phi) is 5.88. The number of rotatable bonds is 7. The second kappa shape index (κ2) is 6.96. The zero-order chi connectivity index (χ0) is 11.1. The van der Waals surface area contributed by atoms with E-state index in [1.54, 1.807) is 0 Å². The van der Waals surface area contributed by atoms with Gasteiger partial charge < -0.3 is 10.2 Å². The quantitative estimate of drug-likeness (QED) is 0.648. The normalized spacial score (nSPS) is 21.5. The third-order valence-corrected chi connectivity index (χ3v) is 3.06. The molecule has 1 aliphatic rings. The number of hydrogen-bond acceptors (Lipinski definition) is 3. The Bertz CT molecular complexity index is 194. The maximum absolute atomic E-state index is 11.0. The molecule has 88 valence electrons. The van der Waals surface area contributed by atoms with Crippen molar-refractivity contribution in [3.05, 3.63) is 0 Å². The average molecular weight is 212 g/mol. The smallest absolute Gasteiger partial charge is 0.148 e. The Hall–Kier alpha value is -0.410. The molecule has 1 atom stereocenters. The van der Waals surface area contributed by atoms with E-state index in [4.69, 9.17) is 0 Å². The topological polar surface area (TPSA) is 32.3 Å². The van der Waals surface area contributed by atoms with E-state index in [1.807, 2.05) is 0 Å². The minimum atomic E-state index is 0.369. The van der Waals surface area contributed by atoms with E-state index >= 15 is 0 Å². The summed E-state index contributed by atoms with van der Waals surface area (Å²) in [7, 11) is 2.17. The molecule has 0 bridgehead atoms. The predicted molar refractivity (Wildman–Crippen MR) is 63.1 cm³/mol. The van der Waals surface area contributed by atoms with Crippen molar-refractivity contribution in [2.24, 2.45) is 0 Å². The van der Waals surface area contributed by atoms with Gasteiger partial charge in [-0.25, -0.2) is 0 Å². The van der Waals surface area contributed by atoms with Crippen molar-refractivity contribution < 1.29 is 4.79 Å². The van der Waals surface area contributed by atoms with Crippen LogP contribution < -0.4 is 5.32 Å². The highest BCUT2D eigenvalue weighted by atomic mass is 16.1. The molecule has 3 nitrogen and oxygen atoms in total. The zero-order valence-corrected chi connectivity index (χ0v) is 10.1. The summed E-state index contributed by atoms with van der Waals surface area (Å²) in [6.07, 6.45) is 5.75. The molecule has 1 N–H and O–H groups in total. The van der Waals surface area contributed by atoms with Crippen LogP contribution >= 0.6 is 0 Å². The molecule has 0 aliphatic carbocycles. The fourth-order valence-corrected chi connectivity index (χ4v) is 2.00. The molecule has 0 aromatic rings. The first kappa shape index (κ1) is 12.7. The second-order valence-corrected chi connectivity index (χ2v) is 4.62. The first-order valence-electron chi connectivity index (χ1n) is 6.16. The third-order valence-electron chi connectivity index (χ3n) is 3.06. The van der Waals surface area contributed by atoms with E-state index in [9.17, 15) is 4.79 Å². The molecule has 0 aromatic heterocycles. The van der Waals surface area contributed by atoms with Gasteiger partial charge in [0.2, 0.25) is 0 Å². The van der Waals surface area contributed by atoms with Crippen LogP contribution in [-0.4, -0.2) is 43.4 Å².